The molecule has 0 fully saturated rings. The molecule has 2 aromatic heterocycles. The molecule has 0 aliphatic rings. The topological polar surface area (TPSA) is 48.0 Å². The van der Waals surface area contributed by atoms with Crippen molar-refractivity contribution in [1.29, 1.82) is 0 Å². The number of carbonyl (C=O) groups excluding carboxylic acids is 1. The van der Waals surface area contributed by atoms with E-state index in [1.807, 2.05) is 81.2 Å². The van der Waals surface area contributed by atoms with E-state index in [1.54, 1.807) is 0 Å². The summed E-state index contributed by atoms with van der Waals surface area (Å²) in [6.45, 7) is 5.48. The molecule has 0 saturated carbocycles. The van der Waals surface area contributed by atoms with Gasteiger partial charge in [-0.05, 0) is 44.9 Å². The van der Waals surface area contributed by atoms with Gasteiger partial charge in [0.2, 0.25) is 0 Å². The number of hydrogen-bond donors (Lipinski definition) is 0. The van der Waals surface area contributed by atoms with Crippen LogP contribution in [-0.4, -0.2) is 21.5 Å². The number of aromatic nitrogens is 3. The maximum absolute atomic E-state index is 12.4. The number of carbonyl (C=O) groups is 1. The van der Waals surface area contributed by atoms with Crippen LogP contribution in [0, 0.1) is 11.8 Å². The van der Waals surface area contributed by atoms with E-state index in [1.165, 1.54) is 4.68 Å². The van der Waals surface area contributed by atoms with E-state index < -0.39 is 11.7 Å². The molecule has 0 spiro atoms. The smallest absolute Gasteiger partial charge is 0.435 e. The summed E-state index contributed by atoms with van der Waals surface area (Å²) in [5, 5.41) is 5.19. The SMILES string of the molecule is C[n+]1cccc(C#Cc2nn(C(=O)OC(C)(C)C)c3ccccc23)c1.[I-]. The van der Waals surface area contributed by atoms with Crippen molar-refractivity contribution in [2.75, 3.05) is 0 Å². The van der Waals surface area contributed by atoms with Crippen LogP contribution in [0.25, 0.3) is 10.9 Å². The van der Waals surface area contributed by atoms with Crippen LogP contribution in [0.15, 0.2) is 48.8 Å². The minimum Gasteiger partial charge on any atom is -1.00 e. The normalized spacial score (nSPS) is 10.6. The molecule has 0 N–H and O–H groups in total. The van der Waals surface area contributed by atoms with Gasteiger partial charge in [-0.3, -0.25) is 0 Å². The Kier molecular flexibility index (Phi) is 6.03. The highest BCUT2D eigenvalue weighted by atomic mass is 127. The number of rotatable bonds is 0. The second kappa shape index (κ2) is 7.87. The highest BCUT2D eigenvalue weighted by Crippen LogP contribution is 2.19. The van der Waals surface area contributed by atoms with Gasteiger partial charge in [-0.2, -0.15) is 9.78 Å². The number of pyridine rings is 1. The quantitative estimate of drug-likeness (QED) is 0.270. The summed E-state index contributed by atoms with van der Waals surface area (Å²) in [5.74, 6) is 6.16. The second-order valence-electron chi connectivity index (χ2n) is 6.77. The summed E-state index contributed by atoms with van der Waals surface area (Å²) >= 11 is 0. The lowest BCUT2D eigenvalue weighted by atomic mass is 10.2. The zero-order chi connectivity index (χ0) is 18.0. The van der Waals surface area contributed by atoms with Crippen molar-refractivity contribution >= 4 is 17.0 Å². The van der Waals surface area contributed by atoms with Gasteiger partial charge in [0.15, 0.2) is 12.4 Å². The Bertz CT molecular complexity index is 1010. The van der Waals surface area contributed by atoms with Gasteiger partial charge >= 0.3 is 6.09 Å². The van der Waals surface area contributed by atoms with Gasteiger partial charge in [0.1, 0.15) is 18.3 Å². The third kappa shape index (κ3) is 4.61. The number of aryl methyl sites for hydroxylation is 1. The van der Waals surface area contributed by atoms with Crippen molar-refractivity contribution in [2.24, 2.45) is 7.05 Å². The molecule has 2 heterocycles. The molecular weight excluding hydrogens is 441 g/mol. The standard InChI is InChI=1S/C20H20N3O2.HI/c1-20(2,3)25-19(24)23-18-10-6-5-9-16(18)17(21-23)12-11-15-8-7-13-22(4)14-15;/h5-10,13-14H,1-4H3;1H/q+1;/p-1. The third-order valence-corrected chi connectivity index (χ3v) is 3.42. The van der Waals surface area contributed by atoms with Gasteiger partial charge in [0.05, 0.1) is 11.1 Å². The highest BCUT2D eigenvalue weighted by molar-refractivity contribution is 5.91. The van der Waals surface area contributed by atoms with E-state index in [0.717, 1.165) is 10.9 Å². The van der Waals surface area contributed by atoms with Crippen LogP contribution in [0.1, 0.15) is 32.0 Å². The van der Waals surface area contributed by atoms with Crippen LogP contribution in [-0.2, 0) is 11.8 Å². The highest BCUT2D eigenvalue weighted by Gasteiger charge is 2.21. The van der Waals surface area contributed by atoms with E-state index in [0.29, 0.717) is 11.2 Å². The Labute approximate surface area is 170 Å². The molecule has 0 amide bonds. The average Bonchev–Trinajstić information content (AvgIpc) is 2.90. The second-order valence-corrected chi connectivity index (χ2v) is 6.77. The lowest BCUT2D eigenvalue weighted by Gasteiger charge is -2.19. The molecule has 5 nitrogen and oxygen atoms in total. The number of nitrogens with zero attached hydrogens (tertiary/aromatic N) is 3. The van der Waals surface area contributed by atoms with Gasteiger partial charge in [-0.15, -0.1) is 0 Å². The van der Waals surface area contributed by atoms with Crippen LogP contribution in [0.2, 0.25) is 0 Å². The molecular formula is C20H20IN3O2. The van der Waals surface area contributed by atoms with Crippen molar-refractivity contribution < 1.29 is 38.1 Å². The van der Waals surface area contributed by atoms with Crippen LogP contribution in [0.3, 0.4) is 0 Å². The van der Waals surface area contributed by atoms with E-state index >= 15 is 0 Å². The molecule has 1 aromatic carbocycles. The van der Waals surface area contributed by atoms with E-state index in [4.69, 9.17) is 4.74 Å². The molecule has 0 atom stereocenters. The third-order valence-electron chi connectivity index (χ3n) is 3.42. The largest absolute Gasteiger partial charge is 1.00 e. The van der Waals surface area contributed by atoms with Crippen LogP contribution in [0.4, 0.5) is 4.79 Å². The summed E-state index contributed by atoms with van der Waals surface area (Å²) in [6, 6.07) is 11.4. The van der Waals surface area contributed by atoms with Crippen molar-refractivity contribution in [2.45, 2.75) is 26.4 Å². The maximum Gasteiger partial charge on any atom is 0.435 e. The molecule has 6 heteroatoms. The summed E-state index contributed by atoms with van der Waals surface area (Å²) in [6.07, 6.45) is 3.36. The number of benzene rings is 1. The molecule has 3 rings (SSSR count). The minimum absolute atomic E-state index is 0. The summed E-state index contributed by atoms with van der Waals surface area (Å²) in [5.41, 5.74) is 1.52. The van der Waals surface area contributed by atoms with Gasteiger partial charge in [0, 0.05) is 11.5 Å². The Morgan fingerprint density at radius 1 is 1.15 bits per heavy atom. The number of fused-ring (bicyclic) bond motifs is 1. The molecule has 134 valence electrons. The lowest BCUT2D eigenvalue weighted by molar-refractivity contribution is -0.671. The Balaban J connectivity index is 0.00000243. The molecule has 0 bridgehead atoms. The van der Waals surface area contributed by atoms with Crippen LogP contribution < -0.4 is 28.5 Å². The van der Waals surface area contributed by atoms with Crippen LogP contribution >= 0.6 is 0 Å². The average molecular weight is 461 g/mol. The number of halogens is 1. The first-order valence-corrected chi connectivity index (χ1v) is 8.02. The van der Waals surface area contributed by atoms with Crippen molar-refractivity contribution in [3.8, 4) is 11.8 Å². The Morgan fingerprint density at radius 2 is 1.88 bits per heavy atom. The fourth-order valence-electron chi connectivity index (χ4n) is 2.40. The number of ether oxygens (including phenoxy) is 1. The predicted octanol–water partition coefficient (Wildman–Crippen LogP) is 0.0478. The minimum atomic E-state index is -0.589. The first-order valence-electron chi connectivity index (χ1n) is 8.02. The fraction of sp³-hybridized carbons (Fsp3) is 0.250. The molecule has 3 aromatic rings. The number of para-hydroxylation sites is 1. The van der Waals surface area contributed by atoms with Crippen LogP contribution in [0.5, 0.6) is 0 Å². The molecule has 26 heavy (non-hydrogen) atoms. The molecule has 0 radical (unpaired) electrons. The van der Waals surface area contributed by atoms with Crippen molar-refractivity contribution in [3.05, 3.63) is 60.0 Å². The number of hydrogen-bond acceptors (Lipinski definition) is 3. The fourth-order valence-corrected chi connectivity index (χ4v) is 2.40. The zero-order valence-corrected chi connectivity index (χ0v) is 17.3. The monoisotopic (exact) mass is 461 g/mol. The molecule has 0 saturated heterocycles. The molecule has 0 aliphatic heterocycles. The summed E-state index contributed by atoms with van der Waals surface area (Å²) < 4.78 is 8.64. The van der Waals surface area contributed by atoms with E-state index in [2.05, 4.69) is 16.9 Å². The van der Waals surface area contributed by atoms with Crippen molar-refractivity contribution in [1.82, 2.24) is 9.78 Å². The van der Waals surface area contributed by atoms with E-state index in [-0.39, 0.29) is 24.0 Å². The molecule has 0 unspecified atom stereocenters. The van der Waals surface area contributed by atoms with Gasteiger partial charge < -0.3 is 28.7 Å². The molecule has 0 aliphatic carbocycles. The maximum atomic E-state index is 12.4. The van der Waals surface area contributed by atoms with E-state index in [9.17, 15) is 4.79 Å². The van der Waals surface area contributed by atoms with Crippen molar-refractivity contribution in [3.63, 3.8) is 0 Å². The summed E-state index contributed by atoms with van der Waals surface area (Å²) in [4.78, 5) is 12.4. The predicted molar refractivity (Wildman–Crippen MR) is 95.0 cm³/mol. The first kappa shape index (κ1) is 19.9. The van der Waals surface area contributed by atoms with Gasteiger partial charge in [0.25, 0.3) is 0 Å². The Hall–Kier alpha value is -2.40. The zero-order valence-electron chi connectivity index (χ0n) is 15.2. The van der Waals surface area contributed by atoms with Gasteiger partial charge in [-0.25, -0.2) is 9.36 Å². The van der Waals surface area contributed by atoms with Gasteiger partial charge in [-0.1, -0.05) is 18.1 Å². The Morgan fingerprint density at radius 3 is 2.58 bits per heavy atom. The lowest BCUT2D eigenvalue weighted by Crippen LogP contribution is -3.00. The first-order chi connectivity index (χ1) is 11.8. The summed E-state index contributed by atoms with van der Waals surface area (Å²) in [7, 11) is 1.94.